The van der Waals surface area contributed by atoms with Crippen LogP contribution in [0, 0.1) is 0 Å². The first-order valence-corrected chi connectivity index (χ1v) is 8.51. The van der Waals surface area contributed by atoms with Gasteiger partial charge < -0.3 is 9.47 Å². The molecule has 3 aromatic carbocycles. The van der Waals surface area contributed by atoms with Crippen molar-refractivity contribution in [3.8, 4) is 11.5 Å². The summed E-state index contributed by atoms with van der Waals surface area (Å²) < 4.78 is 10.7. The van der Waals surface area contributed by atoms with Gasteiger partial charge in [-0.25, -0.2) is 10.2 Å². The van der Waals surface area contributed by atoms with Crippen LogP contribution in [-0.2, 0) is 0 Å². The molecule has 1 amide bonds. The fourth-order valence-corrected chi connectivity index (χ4v) is 2.40. The minimum atomic E-state index is -0.476. The van der Waals surface area contributed by atoms with E-state index in [1.165, 1.54) is 13.3 Å². The van der Waals surface area contributed by atoms with Gasteiger partial charge in [-0.15, -0.1) is 0 Å². The van der Waals surface area contributed by atoms with E-state index >= 15 is 0 Å². The predicted molar refractivity (Wildman–Crippen MR) is 106 cm³/mol. The molecule has 3 aromatic rings. The van der Waals surface area contributed by atoms with Crippen LogP contribution in [0.15, 0.2) is 84.0 Å². The number of hydrogen-bond donors (Lipinski definition) is 1. The second-order valence-corrected chi connectivity index (χ2v) is 5.73. The third kappa shape index (κ3) is 4.82. The van der Waals surface area contributed by atoms with Crippen LogP contribution in [0.3, 0.4) is 0 Å². The highest BCUT2D eigenvalue weighted by Crippen LogP contribution is 2.28. The number of benzene rings is 3. The molecule has 0 unspecified atom stereocenters. The molecule has 0 spiro atoms. The molecule has 0 fully saturated rings. The quantitative estimate of drug-likeness (QED) is 0.309. The van der Waals surface area contributed by atoms with Gasteiger partial charge in [-0.05, 0) is 48.0 Å². The third-order valence-corrected chi connectivity index (χ3v) is 3.82. The summed E-state index contributed by atoms with van der Waals surface area (Å²) in [7, 11) is 1.48. The number of methoxy groups -OCH3 is 1. The minimum Gasteiger partial charge on any atom is -0.493 e. The minimum absolute atomic E-state index is 0.293. The van der Waals surface area contributed by atoms with Crippen molar-refractivity contribution in [2.24, 2.45) is 5.10 Å². The van der Waals surface area contributed by atoms with Crippen molar-refractivity contribution in [2.45, 2.75) is 0 Å². The number of esters is 1. The van der Waals surface area contributed by atoms with E-state index in [2.05, 4.69) is 10.5 Å². The van der Waals surface area contributed by atoms with Crippen LogP contribution in [0.4, 0.5) is 0 Å². The molecule has 140 valence electrons. The molecule has 3 rings (SSSR count). The second kappa shape index (κ2) is 9.14. The SMILES string of the molecule is COc1cc(/C=N\NC(=O)c2ccccc2)ccc1OC(=O)c1ccccc1. The van der Waals surface area contributed by atoms with Crippen molar-refractivity contribution in [2.75, 3.05) is 7.11 Å². The molecule has 0 saturated heterocycles. The third-order valence-electron chi connectivity index (χ3n) is 3.82. The Morgan fingerprint density at radius 1 is 0.857 bits per heavy atom. The van der Waals surface area contributed by atoms with Gasteiger partial charge in [0.05, 0.1) is 18.9 Å². The maximum atomic E-state index is 12.2. The van der Waals surface area contributed by atoms with Gasteiger partial charge in [-0.3, -0.25) is 4.79 Å². The van der Waals surface area contributed by atoms with Crippen LogP contribution in [0.25, 0.3) is 0 Å². The molecule has 0 radical (unpaired) electrons. The molecular formula is C22H18N2O4. The lowest BCUT2D eigenvalue weighted by Gasteiger charge is -2.10. The van der Waals surface area contributed by atoms with Crippen LogP contribution < -0.4 is 14.9 Å². The summed E-state index contributed by atoms with van der Waals surface area (Å²) in [6, 6.07) is 22.4. The van der Waals surface area contributed by atoms with Crippen molar-refractivity contribution in [3.63, 3.8) is 0 Å². The normalized spacial score (nSPS) is 10.5. The van der Waals surface area contributed by atoms with Gasteiger partial charge >= 0.3 is 5.97 Å². The van der Waals surface area contributed by atoms with Crippen molar-refractivity contribution < 1.29 is 19.1 Å². The molecule has 0 aromatic heterocycles. The van der Waals surface area contributed by atoms with Gasteiger partial charge in [0.25, 0.3) is 5.91 Å². The zero-order valence-corrected chi connectivity index (χ0v) is 15.2. The lowest BCUT2D eigenvalue weighted by atomic mass is 10.2. The Bertz CT molecular complexity index is 986. The number of carbonyl (C=O) groups is 2. The zero-order chi connectivity index (χ0) is 19.8. The number of rotatable bonds is 6. The Morgan fingerprint density at radius 3 is 2.14 bits per heavy atom. The monoisotopic (exact) mass is 374 g/mol. The van der Waals surface area contributed by atoms with Crippen molar-refractivity contribution in [1.29, 1.82) is 0 Å². The lowest BCUT2D eigenvalue weighted by molar-refractivity contribution is 0.0729. The number of nitrogens with one attached hydrogen (secondary N) is 1. The van der Waals surface area contributed by atoms with Gasteiger partial charge in [0.2, 0.25) is 0 Å². The first-order chi connectivity index (χ1) is 13.7. The van der Waals surface area contributed by atoms with Crippen molar-refractivity contribution >= 4 is 18.1 Å². The first-order valence-electron chi connectivity index (χ1n) is 8.51. The Morgan fingerprint density at radius 2 is 1.50 bits per heavy atom. The predicted octanol–water partition coefficient (Wildman–Crippen LogP) is 3.68. The van der Waals surface area contributed by atoms with Crippen LogP contribution in [-0.4, -0.2) is 25.2 Å². The summed E-state index contributed by atoms with van der Waals surface area (Å²) in [5.74, 6) is -0.114. The molecule has 28 heavy (non-hydrogen) atoms. The van der Waals surface area contributed by atoms with E-state index in [0.29, 0.717) is 28.2 Å². The topological polar surface area (TPSA) is 77.0 Å². The number of hydrazone groups is 1. The summed E-state index contributed by atoms with van der Waals surface area (Å²) in [6.07, 6.45) is 1.48. The largest absolute Gasteiger partial charge is 0.493 e. The molecule has 0 saturated carbocycles. The van der Waals surface area contributed by atoms with E-state index < -0.39 is 5.97 Å². The standard InChI is InChI=1S/C22H18N2O4/c1-27-20-14-16(15-23-24-21(25)17-8-4-2-5-9-17)12-13-19(20)28-22(26)18-10-6-3-7-11-18/h2-15H,1H3,(H,24,25)/b23-15-. The lowest BCUT2D eigenvalue weighted by Crippen LogP contribution is -2.17. The highest BCUT2D eigenvalue weighted by Gasteiger charge is 2.12. The van der Waals surface area contributed by atoms with E-state index in [4.69, 9.17) is 9.47 Å². The van der Waals surface area contributed by atoms with Crippen LogP contribution in [0.2, 0.25) is 0 Å². The molecule has 0 atom stereocenters. The van der Waals surface area contributed by atoms with Crippen LogP contribution in [0.5, 0.6) is 11.5 Å². The van der Waals surface area contributed by atoms with Gasteiger partial charge in [-0.2, -0.15) is 5.10 Å². The Hall–Kier alpha value is -3.93. The average molecular weight is 374 g/mol. The number of nitrogens with zero attached hydrogens (tertiary/aromatic N) is 1. The molecule has 0 aliphatic carbocycles. The molecule has 6 heteroatoms. The molecular weight excluding hydrogens is 356 g/mol. The van der Waals surface area contributed by atoms with Crippen LogP contribution >= 0.6 is 0 Å². The summed E-state index contributed by atoms with van der Waals surface area (Å²) in [5, 5.41) is 3.94. The van der Waals surface area contributed by atoms with Crippen molar-refractivity contribution in [1.82, 2.24) is 5.43 Å². The highest BCUT2D eigenvalue weighted by molar-refractivity contribution is 5.95. The number of carbonyl (C=O) groups excluding carboxylic acids is 2. The smallest absolute Gasteiger partial charge is 0.343 e. The van der Waals surface area contributed by atoms with Crippen molar-refractivity contribution in [3.05, 3.63) is 95.6 Å². The summed E-state index contributed by atoms with van der Waals surface area (Å²) in [6.45, 7) is 0. The number of amides is 1. The van der Waals surface area contributed by atoms with E-state index in [1.54, 1.807) is 66.7 Å². The molecule has 0 aliphatic rings. The Balaban J connectivity index is 1.67. The van der Waals surface area contributed by atoms with Gasteiger partial charge in [0.1, 0.15) is 0 Å². The van der Waals surface area contributed by atoms with Gasteiger partial charge in [0, 0.05) is 5.56 Å². The molecule has 6 nitrogen and oxygen atoms in total. The molecule has 1 N–H and O–H groups in total. The second-order valence-electron chi connectivity index (χ2n) is 5.73. The summed E-state index contributed by atoms with van der Waals surface area (Å²) >= 11 is 0. The fourth-order valence-electron chi connectivity index (χ4n) is 2.40. The van der Waals surface area contributed by atoms with Gasteiger partial charge in [0.15, 0.2) is 11.5 Å². The number of ether oxygens (including phenoxy) is 2. The van der Waals surface area contributed by atoms with E-state index in [1.807, 2.05) is 12.1 Å². The van der Waals surface area contributed by atoms with Crippen LogP contribution in [0.1, 0.15) is 26.3 Å². The van der Waals surface area contributed by atoms with E-state index in [9.17, 15) is 9.59 Å². The Labute approximate surface area is 162 Å². The maximum absolute atomic E-state index is 12.2. The van der Waals surface area contributed by atoms with Gasteiger partial charge in [-0.1, -0.05) is 36.4 Å². The summed E-state index contributed by atoms with van der Waals surface area (Å²) in [4.78, 5) is 24.2. The van der Waals surface area contributed by atoms with E-state index in [-0.39, 0.29) is 5.91 Å². The first kappa shape index (κ1) is 18.8. The zero-order valence-electron chi connectivity index (χ0n) is 15.2. The average Bonchev–Trinajstić information content (AvgIpc) is 2.75. The van der Waals surface area contributed by atoms with E-state index in [0.717, 1.165) is 0 Å². The fraction of sp³-hybridized carbons (Fsp3) is 0.0455. The number of hydrogen-bond acceptors (Lipinski definition) is 5. The summed E-state index contributed by atoms with van der Waals surface area (Å²) in [5.41, 5.74) is 4.09. The Kier molecular flexibility index (Phi) is 6.15. The maximum Gasteiger partial charge on any atom is 0.343 e. The highest BCUT2D eigenvalue weighted by atomic mass is 16.6. The molecule has 0 bridgehead atoms. The molecule has 0 aliphatic heterocycles. The molecule has 0 heterocycles.